The van der Waals surface area contributed by atoms with Crippen LogP contribution in [0.1, 0.15) is 44.7 Å². The second-order valence-electron chi connectivity index (χ2n) is 8.73. The molecule has 0 atom stereocenters. The van der Waals surface area contributed by atoms with E-state index in [2.05, 4.69) is 63.3 Å². The van der Waals surface area contributed by atoms with E-state index in [0.29, 0.717) is 6.54 Å². The normalized spacial score (nSPS) is 15.9. The predicted octanol–water partition coefficient (Wildman–Crippen LogP) is 5.85. The van der Waals surface area contributed by atoms with E-state index < -0.39 is 5.60 Å². The Morgan fingerprint density at radius 2 is 1.66 bits per heavy atom. The van der Waals surface area contributed by atoms with Gasteiger partial charge in [0, 0.05) is 36.7 Å². The molecule has 29 heavy (non-hydrogen) atoms. The van der Waals surface area contributed by atoms with Crippen molar-refractivity contribution in [2.24, 2.45) is 0 Å². The molecule has 0 N–H and O–H groups in total. The number of ether oxygens (including phenoxy) is 1. The van der Waals surface area contributed by atoms with E-state index in [1.165, 1.54) is 5.56 Å². The highest BCUT2D eigenvalue weighted by atomic mass is 79.9. The first-order valence-corrected chi connectivity index (χ1v) is 11.1. The van der Waals surface area contributed by atoms with E-state index in [4.69, 9.17) is 4.74 Å². The topological polar surface area (TPSA) is 32.8 Å². The summed E-state index contributed by atoms with van der Waals surface area (Å²) >= 11 is 3.48. The van der Waals surface area contributed by atoms with Gasteiger partial charge in [-0.15, -0.1) is 0 Å². The molecule has 0 spiro atoms. The minimum absolute atomic E-state index is 0.195. The molecule has 1 amide bonds. The summed E-state index contributed by atoms with van der Waals surface area (Å²) in [5.41, 5.74) is 1.96. The van der Waals surface area contributed by atoms with Crippen LogP contribution in [0.15, 0.2) is 59.1 Å². The van der Waals surface area contributed by atoms with Crippen LogP contribution in [0.4, 0.5) is 4.79 Å². The van der Waals surface area contributed by atoms with Crippen molar-refractivity contribution in [3.05, 3.63) is 70.2 Å². The number of likely N-dealkylation sites (tertiary alicyclic amines) is 1. The first-order valence-electron chi connectivity index (χ1n) is 10.3. The van der Waals surface area contributed by atoms with Gasteiger partial charge in [-0.2, -0.15) is 0 Å². The lowest BCUT2D eigenvalue weighted by Crippen LogP contribution is -2.48. The highest BCUT2D eigenvalue weighted by Gasteiger charge is 2.31. The smallest absolute Gasteiger partial charge is 0.410 e. The maximum Gasteiger partial charge on any atom is 0.410 e. The number of carbonyl (C=O) groups is 1. The highest BCUT2D eigenvalue weighted by Crippen LogP contribution is 2.23. The monoisotopic (exact) mass is 458 g/mol. The number of hydrogen-bond acceptors (Lipinski definition) is 3. The lowest BCUT2D eigenvalue weighted by atomic mass is 10.0. The molecule has 0 aromatic heterocycles. The van der Waals surface area contributed by atoms with Gasteiger partial charge in [-0.3, -0.25) is 4.90 Å². The van der Waals surface area contributed by atoms with Crippen molar-refractivity contribution in [2.45, 2.75) is 58.3 Å². The summed E-state index contributed by atoms with van der Waals surface area (Å²) in [6.45, 7) is 9.28. The summed E-state index contributed by atoms with van der Waals surface area (Å²) in [7, 11) is 0. The Morgan fingerprint density at radius 3 is 2.24 bits per heavy atom. The third-order valence-electron chi connectivity index (χ3n) is 5.14. The molecular formula is C24H31BrN2O2. The van der Waals surface area contributed by atoms with Crippen molar-refractivity contribution in [1.82, 2.24) is 9.80 Å². The second-order valence-corrected chi connectivity index (χ2v) is 9.64. The van der Waals surface area contributed by atoms with Gasteiger partial charge in [0.2, 0.25) is 0 Å². The summed E-state index contributed by atoms with van der Waals surface area (Å²) in [5.74, 6) is 0. The maximum absolute atomic E-state index is 13.0. The molecule has 156 valence electrons. The number of carbonyl (C=O) groups excluding carboxylic acids is 1. The third kappa shape index (κ3) is 6.86. The Hall–Kier alpha value is -1.85. The van der Waals surface area contributed by atoms with Gasteiger partial charge >= 0.3 is 6.09 Å². The zero-order valence-corrected chi connectivity index (χ0v) is 19.2. The van der Waals surface area contributed by atoms with Gasteiger partial charge < -0.3 is 9.64 Å². The Balaban J connectivity index is 1.65. The maximum atomic E-state index is 13.0. The third-order valence-corrected chi connectivity index (χ3v) is 5.67. The molecule has 1 saturated heterocycles. The molecule has 5 heteroatoms. The Bertz CT molecular complexity index is 779. The quantitative estimate of drug-likeness (QED) is 0.562. The number of amides is 1. The molecule has 4 nitrogen and oxygen atoms in total. The van der Waals surface area contributed by atoms with Crippen molar-refractivity contribution in [2.75, 3.05) is 13.1 Å². The standard InChI is InChI=1S/C24H31BrN2O2/c1-24(2,3)29-23(28)27(18-20-9-11-21(25)12-10-20)22-13-15-26(16-14-22)17-19-7-5-4-6-8-19/h4-12,22H,13-18H2,1-3H3. The van der Waals surface area contributed by atoms with Crippen molar-refractivity contribution in [1.29, 1.82) is 0 Å². The Kier molecular flexibility index (Phi) is 7.36. The molecule has 1 aliphatic rings. The molecule has 1 aliphatic heterocycles. The van der Waals surface area contributed by atoms with Crippen molar-refractivity contribution in [3.63, 3.8) is 0 Å². The van der Waals surface area contributed by atoms with E-state index in [-0.39, 0.29) is 12.1 Å². The number of hydrogen-bond donors (Lipinski definition) is 0. The van der Waals surface area contributed by atoms with Crippen LogP contribution in [-0.2, 0) is 17.8 Å². The van der Waals surface area contributed by atoms with Crippen LogP contribution in [0, 0.1) is 0 Å². The molecule has 0 bridgehead atoms. The van der Waals surface area contributed by atoms with Gasteiger partial charge in [0.15, 0.2) is 0 Å². The average Bonchev–Trinajstić information content (AvgIpc) is 2.68. The van der Waals surface area contributed by atoms with E-state index >= 15 is 0 Å². The molecule has 0 radical (unpaired) electrons. The van der Waals surface area contributed by atoms with Gasteiger partial charge in [0.05, 0.1) is 0 Å². The molecule has 3 rings (SSSR count). The largest absolute Gasteiger partial charge is 0.444 e. The van der Waals surface area contributed by atoms with Crippen LogP contribution in [0.25, 0.3) is 0 Å². The molecule has 0 saturated carbocycles. The molecule has 1 heterocycles. The van der Waals surface area contributed by atoms with E-state index in [1.54, 1.807) is 0 Å². The van der Waals surface area contributed by atoms with Gasteiger partial charge in [-0.05, 0) is 56.9 Å². The molecule has 1 fully saturated rings. The molecule has 0 aliphatic carbocycles. The SMILES string of the molecule is CC(C)(C)OC(=O)N(Cc1ccc(Br)cc1)C1CCN(Cc2ccccc2)CC1. The zero-order chi connectivity index (χ0) is 20.9. The summed E-state index contributed by atoms with van der Waals surface area (Å²) in [4.78, 5) is 17.4. The van der Waals surface area contributed by atoms with Crippen LogP contribution in [0.3, 0.4) is 0 Å². The fourth-order valence-electron chi connectivity index (χ4n) is 3.68. The minimum Gasteiger partial charge on any atom is -0.444 e. The van der Waals surface area contributed by atoms with Crippen molar-refractivity contribution < 1.29 is 9.53 Å². The van der Waals surface area contributed by atoms with Crippen LogP contribution >= 0.6 is 15.9 Å². The Morgan fingerprint density at radius 1 is 1.03 bits per heavy atom. The van der Waals surface area contributed by atoms with Gasteiger partial charge in [0.25, 0.3) is 0 Å². The van der Waals surface area contributed by atoms with Crippen LogP contribution in [-0.4, -0.2) is 40.6 Å². The predicted molar refractivity (Wildman–Crippen MR) is 121 cm³/mol. The van der Waals surface area contributed by atoms with Gasteiger partial charge in [-0.1, -0.05) is 58.4 Å². The molecule has 2 aromatic carbocycles. The number of halogens is 1. The van der Waals surface area contributed by atoms with Crippen molar-refractivity contribution >= 4 is 22.0 Å². The fourth-order valence-corrected chi connectivity index (χ4v) is 3.94. The second kappa shape index (κ2) is 9.77. The number of benzene rings is 2. The fraction of sp³-hybridized carbons (Fsp3) is 0.458. The number of rotatable bonds is 5. The van der Waals surface area contributed by atoms with Crippen LogP contribution in [0.5, 0.6) is 0 Å². The first-order chi connectivity index (χ1) is 13.8. The highest BCUT2D eigenvalue weighted by molar-refractivity contribution is 9.10. The van der Waals surface area contributed by atoms with Crippen molar-refractivity contribution in [3.8, 4) is 0 Å². The van der Waals surface area contributed by atoms with Gasteiger partial charge in [-0.25, -0.2) is 4.79 Å². The zero-order valence-electron chi connectivity index (χ0n) is 17.6. The summed E-state index contributed by atoms with van der Waals surface area (Å²) in [6, 6.07) is 18.9. The number of piperidine rings is 1. The summed E-state index contributed by atoms with van der Waals surface area (Å²) < 4.78 is 6.78. The molecular weight excluding hydrogens is 428 g/mol. The van der Waals surface area contributed by atoms with Crippen LogP contribution in [0.2, 0.25) is 0 Å². The summed E-state index contributed by atoms with van der Waals surface area (Å²) in [6.07, 6.45) is 1.70. The molecule has 2 aromatic rings. The van der Waals surface area contributed by atoms with Crippen LogP contribution < -0.4 is 0 Å². The Labute approximate surface area is 183 Å². The average molecular weight is 459 g/mol. The van der Waals surface area contributed by atoms with E-state index in [0.717, 1.165) is 42.5 Å². The lowest BCUT2D eigenvalue weighted by Gasteiger charge is -2.39. The number of nitrogens with zero attached hydrogens (tertiary/aromatic N) is 2. The van der Waals surface area contributed by atoms with E-state index in [1.807, 2.05) is 37.8 Å². The summed E-state index contributed by atoms with van der Waals surface area (Å²) in [5, 5.41) is 0. The lowest BCUT2D eigenvalue weighted by molar-refractivity contribution is 0.00538. The van der Waals surface area contributed by atoms with Gasteiger partial charge in [0.1, 0.15) is 5.60 Å². The van der Waals surface area contributed by atoms with E-state index in [9.17, 15) is 4.79 Å². The first kappa shape index (κ1) is 21.8. The minimum atomic E-state index is -0.497. The molecule has 0 unspecified atom stereocenters.